The summed E-state index contributed by atoms with van der Waals surface area (Å²) in [6, 6.07) is 9.29. The van der Waals surface area contributed by atoms with Crippen molar-refractivity contribution < 1.29 is 9.53 Å². The third kappa shape index (κ3) is 2.49. The van der Waals surface area contributed by atoms with E-state index < -0.39 is 5.97 Å². The number of benzene rings is 1. The van der Waals surface area contributed by atoms with Crippen LogP contribution in [0.15, 0.2) is 36.4 Å². The number of methoxy groups -OCH3 is 1. The number of terminal acetylenes is 1. The van der Waals surface area contributed by atoms with Crippen molar-refractivity contribution in [1.82, 2.24) is 0 Å². The smallest absolute Gasteiger partial charge is 0.331 e. The third-order valence-electron chi connectivity index (χ3n) is 1.70. The standard InChI is InChI=1S/C12H10O2/c1-3-10(9-12(13)14-2)11-7-5-4-6-8-11/h1,4-9H,2H3. The fourth-order valence-corrected chi connectivity index (χ4v) is 1.00. The van der Waals surface area contributed by atoms with Gasteiger partial charge in [0.15, 0.2) is 0 Å². The summed E-state index contributed by atoms with van der Waals surface area (Å²) in [7, 11) is 1.32. The topological polar surface area (TPSA) is 26.3 Å². The average Bonchev–Trinajstić information content (AvgIpc) is 2.26. The molecule has 0 bridgehead atoms. The molecule has 1 rings (SSSR count). The van der Waals surface area contributed by atoms with Gasteiger partial charge in [0, 0.05) is 11.6 Å². The number of carbonyl (C=O) groups excluding carboxylic acids is 1. The number of carbonyl (C=O) groups is 1. The number of ether oxygens (including phenoxy) is 1. The molecule has 1 aromatic carbocycles. The van der Waals surface area contributed by atoms with Crippen LogP contribution in [0.3, 0.4) is 0 Å². The number of allylic oxidation sites excluding steroid dienone is 1. The molecular formula is C12H10O2. The first-order valence-corrected chi connectivity index (χ1v) is 4.09. The largest absolute Gasteiger partial charge is 0.466 e. The maximum absolute atomic E-state index is 11.0. The Bertz CT molecular complexity index is 383. The molecule has 0 saturated heterocycles. The highest BCUT2D eigenvalue weighted by Gasteiger charge is 2.00. The van der Waals surface area contributed by atoms with E-state index in [0.29, 0.717) is 5.57 Å². The summed E-state index contributed by atoms with van der Waals surface area (Å²) in [6.45, 7) is 0. The monoisotopic (exact) mass is 186 g/mol. The van der Waals surface area contributed by atoms with E-state index in [4.69, 9.17) is 6.42 Å². The van der Waals surface area contributed by atoms with Gasteiger partial charge in [0.05, 0.1) is 7.11 Å². The second-order valence-corrected chi connectivity index (χ2v) is 2.59. The molecule has 0 fully saturated rings. The van der Waals surface area contributed by atoms with Gasteiger partial charge in [-0.2, -0.15) is 0 Å². The Kier molecular flexibility index (Phi) is 3.51. The fourth-order valence-electron chi connectivity index (χ4n) is 1.00. The van der Waals surface area contributed by atoms with Gasteiger partial charge in [0.2, 0.25) is 0 Å². The van der Waals surface area contributed by atoms with E-state index in [1.807, 2.05) is 30.3 Å². The lowest BCUT2D eigenvalue weighted by atomic mass is 10.1. The molecule has 2 nitrogen and oxygen atoms in total. The van der Waals surface area contributed by atoms with Crippen molar-refractivity contribution in [3.8, 4) is 12.3 Å². The lowest BCUT2D eigenvalue weighted by Crippen LogP contribution is -1.96. The molecule has 0 N–H and O–H groups in total. The zero-order valence-electron chi connectivity index (χ0n) is 7.86. The van der Waals surface area contributed by atoms with Crippen molar-refractivity contribution in [3.63, 3.8) is 0 Å². The summed E-state index contributed by atoms with van der Waals surface area (Å²) < 4.78 is 4.49. The zero-order valence-corrected chi connectivity index (χ0v) is 7.86. The van der Waals surface area contributed by atoms with E-state index in [1.165, 1.54) is 13.2 Å². The molecule has 14 heavy (non-hydrogen) atoms. The highest BCUT2D eigenvalue weighted by molar-refractivity contribution is 5.95. The number of hydrogen-bond donors (Lipinski definition) is 0. The quantitative estimate of drug-likeness (QED) is 0.400. The molecule has 1 aromatic rings. The summed E-state index contributed by atoms with van der Waals surface area (Å²) in [4.78, 5) is 11.0. The number of esters is 1. The Morgan fingerprint density at radius 3 is 2.57 bits per heavy atom. The first-order chi connectivity index (χ1) is 6.77. The molecule has 0 aliphatic carbocycles. The lowest BCUT2D eigenvalue weighted by molar-refractivity contribution is -0.134. The van der Waals surface area contributed by atoms with E-state index in [0.717, 1.165) is 5.56 Å². The van der Waals surface area contributed by atoms with Gasteiger partial charge < -0.3 is 4.74 Å². The molecular weight excluding hydrogens is 176 g/mol. The zero-order chi connectivity index (χ0) is 10.4. The van der Waals surface area contributed by atoms with Crippen LogP contribution in [-0.4, -0.2) is 13.1 Å². The fraction of sp³-hybridized carbons (Fsp3) is 0.0833. The van der Waals surface area contributed by atoms with E-state index in [1.54, 1.807) is 0 Å². The van der Waals surface area contributed by atoms with Gasteiger partial charge in [-0.15, -0.1) is 6.42 Å². The van der Waals surface area contributed by atoms with Crippen molar-refractivity contribution in [2.45, 2.75) is 0 Å². The van der Waals surface area contributed by atoms with Crippen molar-refractivity contribution in [2.24, 2.45) is 0 Å². The van der Waals surface area contributed by atoms with Crippen LogP contribution in [-0.2, 0) is 9.53 Å². The molecule has 0 spiro atoms. The van der Waals surface area contributed by atoms with Crippen LogP contribution in [0.25, 0.3) is 5.57 Å². The Morgan fingerprint density at radius 1 is 1.43 bits per heavy atom. The first-order valence-electron chi connectivity index (χ1n) is 4.09. The third-order valence-corrected chi connectivity index (χ3v) is 1.70. The summed E-state index contributed by atoms with van der Waals surface area (Å²) in [6.07, 6.45) is 6.58. The van der Waals surface area contributed by atoms with Crippen LogP contribution in [0.4, 0.5) is 0 Å². The average molecular weight is 186 g/mol. The van der Waals surface area contributed by atoms with Crippen LogP contribution in [0, 0.1) is 12.3 Å². The summed E-state index contributed by atoms with van der Waals surface area (Å²) in [5, 5.41) is 0. The van der Waals surface area contributed by atoms with E-state index >= 15 is 0 Å². The van der Waals surface area contributed by atoms with Gasteiger partial charge in [-0.3, -0.25) is 0 Å². The van der Waals surface area contributed by atoms with Gasteiger partial charge in [-0.05, 0) is 5.56 Å². The maximum Gasteiger partial charge on any atom is 0.331 e. The van der Waals surface area contributed by atoms with E-state index in [2.05, 4.69) is 10.7 Å². The Balaban J connectivity index is 3.01. The Labute approximate surface area is 83.2 Å². The van der Waals surface area contributed by atoms with Gasteiger partial charge in [-0.1, -0.05) is 36.3 Å². The molecule has 0 aromatic heterocycles. The molecule has 0 atom stereocenters. The molecule has 2 heteroatoms. The van der Waals surface area contributed by atoms with Crippen molar-refractivity contribution >= 4 is 11.5 Å². The van der Waals surface area contributed by atoms with E-state index in [-0.39, 0.29) is 0 Å². The first kappa shape index (κ1) is 10.1. The number of rotatable bonds is 2. The van der Waals surface area contributed by atoms with Crippen LogP contribution >= 0.6 is 0 Å². The van der Waals surface area contributed by atoms with Crippen LogP contribution in [0.5, 0.6) is 0 Å². The minimum Gasteiger partial charge on any atom is -0.466 e. The van der Waals surface area contributed by atoms with E-state index in [9.17, 15) is 4.79 Å². The number of hydrogen-bond acceptors (Lipinski definition) is 2. The van der Waals surface area contributed by atoms with Gasteiger partial charge in [-0.25, -0.2) is 4.79 Å². The SMILES string of the molecule is C#CC(=CC(=O)OC)c1ccccc1. The molecule has 0 heterocycles. The molecule has 0 radical (unpaired) electrons. The van der Waals surface area contributed by atoms with Gasteiger partial charge in [0.25, 0.3) is 0 Å². The molecule has 70 valence electrons. The Hall–Kier alpha value is -2.01. The summed E-state index contributed by atoms with van der Waals surface area (Å²) in [5.74, 6) is 2.00. The predicted octanol–water partition coefficient (Wildman–Crippen LogP) is 1.88. The molecule has 0 amide bonds. The van der Waals surface area contributed by atoms with Crippen LogP contribution in [0.2, 0.25) is 0 Å². The minimum absolute atomic E-state index is 0.443. The minimum atomic E-state index is -0.443. The second kappa shape index (κ2) is 4.88. The van der Waals surface area contributed by atoms with Crippen molar-refractivity contribution in [1.29, 1.82) is 0 Å². The van der Waals surface area contributed by atoms with Crippen molar-refractivity contribution in [2.75, 3.05) is 7.11 Å². The predicted molar refractivity (Wildman–Crippen MR) is 55.3 cm³/mol. The molecule has 0 aliphatic rings. The molecule has 0 unspecified atom stereocenters. The molecule has 0 aliphatic heterocycles. The normalized spacial score (nSPS) is 10.4. The Morgan fingerprint density at radius 2 is 2.07 bits per heavy atom. The second-order valence-electron chi connectivity index (χ2n) is 2.59. The summed E-state index contributed by atoms with van der Waals surface area (Å²) in [5.41, 5.74) is 1.36. The van der Waals surface area contributed by atoms with Gasteiger partial charge >= 0.3 is 5.97 Å². The van der Waals surface area contributed by atoms with Crippen LogP contribution in [0.1, 0.15) is 5.56 Å². The van der Waals surface area contributed by atoms with Crippen molar-refractivity contribution in [3.05, 3.63) is 42.0 Å². The highest BCUT2D eigenvalue weighted by atomic mass is 16.5. The van der Waals surface area contributed by atoms with Crippen LogP contribution < -0.4 is 0 Å². The van der Waals surface area contributed by atoms with Gasteiger partial charge in [0.1, 0.15) is 0 Å². The maximum atomic E-state index is 11.0. The lowest BCUT2D eigenvalue weighted by Gasteiger charge is -1.98. The highest BCUT2D eigenvalue weighted by Crippen LogP contribution is 2.12. The summed E-state index contributed by atoms with van der Waals surface area (Å²) >= 11 is 0. The molecule has 0 saturated carbocycles.